The van der Waals surface area contributed by atoms with Gasteiger partial charge in [-0.3, -0.25) is 4.79 Å². The van der Waals surface area contributed by atoms with Crippen molar-refractivity contribution in [3.8, 4) is 5.75 Å². The predicted octanol–water partition coefficient (Wildman–Crippen LogP) is 2.84. The van der Waals surface area contributed by atoms with Gasteiger partial charge in [-0.25, -0.2) is 9.59 Å². The Morgan fingerprint density at radius 2 is 1.83 bits per heavy atom. The summed E-state index contributed by atoms with van der Waals surface area (Å²) in [6.07, 6.45) is 0.714. The summed E-state index contributed by atoms with van der Waals surface area (Å²) >= 11 is 0. The van der Waals surface area contributed by atoms with Gasteiger partial charge in [-0.1, -0.05) is 19.1 Å². The summed E-state index contributed by atoms with van der Waals surface area (Å²) in [6.45, 7) is 2.09. The molecular weight excluding hydrogens is 374 g/mol. The van der Waals surface area contributed by atoms with Gasteiger partial charge in [0.2, 0.25) is 0 Å². The van der Waals surface area contributed by atoms with E-state index in [4.69, 9.17) is 9.15 Å². The van der Waals surface area contributed by atoms with E-state index in [1.165, 1.54) is 13.2 Å². The average molecular weight is 395 g/mol. The minimum atomic E-state index is -0.414. The number of carbonyl (C=O) groups is 2. The number of nitrogens with one attached hydrogen (secondary N) is 1. The van der Waals surface area contributed by atoms with Gasteiger partial charge in [-0.15, -0.1) is 0 Å². The normalized spacial score (nSPS) is 10.6. The van der Waals surface area contributed by atoms with Crippen LogP contribution in [0, 0.1) is 0 Å². The van der Waals surface area contributed by atoms with Gasteiger partial charge < -0.3 is 19.2 Å². The van der Waals surface area contributed by atoms with Crippen molar-refractivity contribution in [2.75, 3.05) is 13.7 Å². The average Bonchev–Trinajstić information content (AvgIpc) is 2.75. The molecule has 1 N–H and O–H groups in total. The first-order valence-corrected chi connectivity index (χ1v) is 9.13. The molecule has 0 saturated heterocycles. The van der Waals surface area contributed by atoms with Gasteiger partial charge in [0.05, 0.1) is 12.7 Å². The summed E-state index contributed by atoms with van der Waals surface area (Å²) < 4.78 is 15.4. The van der Waals surface area contributed by atoms with E-state index in [-0.39, 0.29) is 12.5 Å². The third-order valence-electron chi connectivity index (χ3n) is 4.42. The quantitative estimate of drug-likeness (QED) is 0.488. The van der Waals surface area contributed by atoms with E-state index in [0.29, 0.717) is 29.9 Å². The highest BCUT2D eigenvalue weighted by molar-refractivity contribution is 5.89. The number of fused-ring (bicyclic) bond motifs is 1. The molecule has 1 amide bonds. The molecule has 0 bridgehead atoms. The van der Waals surface area contributed by atoms with Crippen LogP contribution in [0.2, 0.25) is 0 Å². The van der Waals surface area contributed by atoms with Gasteiger partial charge in [0.25, 0.3) is 5.91 Å². The maximum absolute atomic E-state index is 12.0. The zero-order chi connectivity index (χ0) is 20.8. The van der Waals surface area contributed by atoms with E-state index < -0.39 is 11.6 Å². The molecule has 1 heterocycles. The summed E-state index contributed by atoms with van der Waals surface area (Å²) in [5, 5.41) is 3.59. The summed E-state index contributed by atoms with van der Waals surface area (Å²) in [5.41, 5.74) is 2.20. The van der Waals surface area contributed by atoms with Crippen molar-refractivity contribution < 1.29 is 23.5 Å². The molecule has 1 aromatic heterocycles. The van der Waals surface area contributed by atoms with Crippen molar-refractivity contribution in [1.82, 2.24) is 5.32 Å². The minimum Gasteiger partial charge on any atom is -0.484 e. The lowest BCUT2D eigenvalue weighted by Crippen LogP contribution is -2.28. The Bertz CT molecular complexity index is 1080. The standard InChI is InChI=1S/C22H21NO6/c1-3-15-10-21(25)29-19-11-17(8-9-18(15)19)28-13-20(24)23-12-14-4-6-16(7-5-14)22(26)27-2/h4-11H,3,12-13H2,1-2H3,(H,23,24). The monoisotopic (exact) mass is 395 g/mol. The lowest BCUT2D eigenvalue weighted by molar-refractivity contribution is -0.123. The Morgan fingerprint density at radius 1 is 1.07 bits per heavy atom. The van der Waals surface area contributed by atoms with Crippen molar-refractivity contribution >= 4 is 22.8 Å². The van der Waals surface area contributed by atoms with E-state index in [9.17, 15) is 14.4 Å². The Balaban J connectivity index is 1.56. The van der Waals surface area contributed by atoms with Crippen LogP contribution in [-0.2, 0) is 22.5 Å². The van der Waals surface area contributed by atoms with Crippen molar-refractivity contribution in [1.29, 1.82) is 0 Å². The first-order chi connectivity index (χ1) is 14.0. The van der Waals surface area contributed by atoms with Crippen LogP contribution in [0.15, 0.2) is 57.7 Å². The Morgan fingerprint density at radius 3 is 2.52 bits per heavy atom. The highest BCUT2D eigenvalue weighted by atomic mass is 16.5. The number of hydrogen-bond donors (Lipinski definition) is 1. The maximum atomic E-state index is 12.0. The molecule has 0 aliphatic carbocycles. The van der Waals surface area contributed by atoms with Crippen LogP contribution in [0.25, 0.3) is 11.0 Å². The van der Waals surface area contributed by atoms with Crippen LogP contribution in [0.1, 0.15) is 28.4 Å². The van der Waals surface area contributed by atoms with Crippen molar-refractivity contribution in [2.45, 2.75) is 19.9 Å². The number of hydrogen-bond acceptors (Lipinski definition) is 6. The first kappa shape index (κ1) is 20.1. The van der Waals surface area contributed by atoms with Crippen LogP contribution in [0.3, 0.4) is 0 Å². The van der Waals surface area contributed by atoms with Gasteiger partial charge in [0.1, 0.15) is 11.3 Å². The fourth-order valence-corrected chi connectivity index (χ4v) is 2.87. The molecule has 0 spiro atoms. The second kappa shape index (κ2) is 9.05. The number of methoxy groups -OCH3 is 1. The molecule has 0 aliphatic rings. The Labute approximate surface area is 167 Å². The molecule has 0 aliphatic heterocycles. The highest BCUT2D eigenvalue weighted by Crippen LogP contribution is 2.23. The molecule has 3 aromatic rings. The van der Waals surface area contributed by atoms with Crippen LogP contribution >= 0.6 is 0 Å². The van der Waals surface area contributed by atoms with Crippen LogP contribution in [0.4, 0.5) is 0 Å². The Hall–Kier alpha value is -3.61. The fourth-order valence-electron chi connectivity index (χ4n) is 2.87. The lowest BCUT2D eigenvalue weighted by atomic mass is 10.1. The van der Waals surface area contributed by atoms with E-state index >= 15 is 0 Å². The van der Waals surface area contributed by atoms with Crippen molar-refractivity contribution in [2.24, 2.45) is 0 Å². The number of rotatable bonds is 7. The topological polar surface area (TPSA) is 94.8 Å². The largest absolute Gasteiger partial charge is 0.484 e. The molecule has 3 rings (SSSR count). The molecule has 2 aromatic carbocycles. The predicted molar refractivity (Wildman–Crippen MR) is 107 cm³/mol. The summed E-state index contributed by atoms with van der Waals surface area (Å²) in [7, 11) is 1.32. The molecule has 0 atom stereocenters. The summed E-state index contributed by atoms with van der Waals surface area (Å²) in [5.74, 6) is -0.274. The molecule has 0 unspecified atom stereocenters. The summed E-state index contributed by atoms with van der Waals surface area (Å²) in [6, 6.07) is 13.4. The van der Waals surface area contributed by atoms with Crippen molar-refractivity contribution in [3.63, 3.8) is 0 Å². The number of esters is 1. The van der Waals surface area contributed by atoms with Gasteiger partial charge in [-0.2, -0.15) is 0 Å². The zero-order valence-electron chi connectivity index (χ0n) is 16.2. The Kier molecular flexibility index (Phi) is 6.29. The van der Waals surface area contributed by atoms with Gasteiger partial charge in [0, 0.05) is 24.1 Å². The number of carbonyl (C=O) groups excluding carboxylic acids is 2. The smallest absolute Gasteiger partial charge is 0.337 e. The molecule has 7 nitrogen and oxygen atoms in total. The van der Waals surface area contributed by atoms with E-state index in [1.54, 1.807) is 36.4 Å². The molecule has 0 saturated carbocycles. The molecule has 0 radical (unpaired) electrons. The SMILES string of the molecule is CCc1cc(=O)oc2cc(OCC(=O)NCc3ccc(C(=O)OC)cc3)ccc12. The molecular formula is C22H21NO6. The minimum absolute atomic E-state index is 0.177. The summed E-state index contributed by atoms with van der Waals surface area (Å²) in [4.78, 5) is 35.1. The van der Waals surface area contributed by atoms with Crippen LogP contribution < -0.4 is 15.7 Å². The third-order valence-corrected chi connectivity index (χ3v) is 4.42. The van der Waals surface area contributed by atoms with E-state index in [1.807, 2.05) is 13.0 Å². The number of ether oxygens (including phenoxy) is 2. The molecule has 150 valence electrons. The molecule has 29 heavy (non-hydrogen) atoms. The molecule has 0 fully saturated rings. The van der Waals surface area contributed by atoms with E-state index in [2.05, 4.69) is 10.1 Å². The number of benzene rings is 2. The molecule has 7 heteroatoms. The maximum Gasteiger partial charge on any atom is 0.337 e. The number of amides is 1. The van der Waals surface area contributed by atoms with Crippen LogP contribution in [-0.4, -0.2) is 25.6 Å². The van der Waals surface area contributed by atoms with Gasteiger partial charge >= 0.3 is 11.6 Å². The second-order valence-electron chi connectivity index (χ2n) is 6.36. The first-order valence-electron chi connectivity index (χ1n) is 9.13. The lowest BCUT2D eigenvalue weighted by Gasteiger charge is -2.09. The third kappa shape index (κ3) is 5.01. The van der Waals surface area contributed by atoms with E-state index in [0.717, 1.165) is 16.5 Å². The fraction of sp³-hybridized carbons (Fsp3) is 0.227. The van der Waals surface area contributed by atoms with Gasteiger partial charge in [-0.05, 0) is 41.8 Å². The highest BCUT2D eigenvalue weighted by Gasteiger charge is 2.08. The van der Waals surface area contributed by atoms with Crippen LogP contribution in [0.5, 0.6) is 5.75 Å². The van der Waals surface area contributed by atoms with Crippen molar-refractivity contribution in [3.05, 3.63) is 75.6 Å². The number of aryl methyl sites for hydroxylation is 1. The van der Waals surface area contributed by atoms with Gasteiger partial charge in [0.15, 0.2) is 6.61 Å². The zero-order valence-corrected chi connectivity index (χ0v) is 16.2. The second-order valence-corrected chi connectivity index (χ2v) is 6.36.